The summed E-state index contributed by atoms with van der Waals surface area (Å²) in [6.07, 6.45) is 1.51. The molecule has 2 unspecified atom stereocenters. The van der Waals surface area contributed by atoms with E-state index in [1.54, 1.807) is 43.3 Å². The Bertz CT molecular complexity index is 1000. The zero-order valence-corrected chi connectivity index (χ0v) is 16.0. The number of carbonyl (C=O) groups excluding carboxylic acids is 4. The van der Waals surface area contributed by atoms with Crippen LogP contribution in [0, 0.1) is 0 Å². The molecule has 4 rings (SSSR count). The highest BCUT2D eigenvalue weighted by atomic mass is 16.3. The highest BCUT2D eigenvalue weighted by Crippen LogP contribution is 2.33. The minimum absolute atomic E-state index is 0.102. The van der Waals surface area contributed by atoms with E-state index in [0.717, 1.165) is 4.90 Å². The first-order chi connectivity index (χ1) is 13.8. The molecule has 1 fully saturated rings. The number of rotatable bonds is 3. The predicted octanol–water partition coefficient (Wildman–Crippen LogP) is 1.81. The first-order valence-corrected chi connectivity index (χ1v) is 9.20. The molecule has 0 bridgehead atoms. The molecule has 0 radical (unpaired) electrons. The standard InChI is InChI=1S/C20H20N4O5/c1-12-10-16(25)21-13-6-3-4-7-14(13)24(12)17(26)11-23-18(27)20(2,22-19(23)28)15-8-5-9-29-15/h3-9,12H,10-11H2,1-2H3,(H,21,25)(H,22,28). The first kappa shape index (κ1) is 18.7. The van der Waals surface area contributed by atoms with Crippen LogP contribution in [0.1, 0.15) is 26.0 Å². The average molecular weight is 396 g/mol. The second-order valence-electron chi connectivity index (χ2n) is 7.31. The van der Waals surface area contributed by atoms with E-state index in [1.165, 1.54) is 18.1 Å². The molecule has 1 aromatic heterocycles. The lowest BCUT2D eigenvalue weighted by Crippen LogP contribution is -2.47. The van der Waals surface area contributed by atoms with Gasteiger partial charge in [0.25, 0.3) is 5.91 Å². The maximum Gasteiger partial charge on any atom is 0.325 e. The topological polar surface area (TPSA) is 112 Å². The maximum absolute atomic E-state index is 13.2. The number of hydrogen-bond donors (Lipinski definition) is 2. The van der Waals surface area contributed by atoms with Crippen LogP contribution in [0.5, 0.6) is 0 Å². The predicted molar refractivity (Wildman–Crippen MR) is 103 cm³/mol. The Balaban J connectivity index is 1.62. The molecule has 9 heteroatoms. The van der Waals surface area contributed by atoms with Gasteiger partial charge in [-0.2, -0.15) is 0 Å². The average Bonchev–Trinajstić information content (AvgIpc) is 3.24. The van der Waals surface area contributed by atoms with Crippen molar-refractivity contribution in [3.63, 3.8) is 0 Å². The quantitative estimate of drug-likeness (QED) is 0.769. The first-order valence-electron chi connectivity index (χ1n) is 9.20. The van der Waals surface area contributed by atoms with Crippen molar-refractivity contribution in [3.8, 4) is 0 Å². The Morgan fingerprint density at radius 3 is 2.69 bits per heavy atom. The lowest BCUT2D eigenvalue weighted by Gasteiger charge is -2.29. The fourth-order valence-corrected chi connectivity index (χ4v) is 3.75. The molecular weight excluding hydrogens is 376 g/mol. The normalized spacial score (nSPS) is 24.1. The second-order valence-corrected chi connectivity index (χ2v) is 7.31. The number of imide groups is 1. The summed E-state index contributed by atoms with van der Waals surface area (Å²) < 4.78 is 5.30. The highest BCUT2D eigenvalue weighted by molar-refractivity contribution is 6.11. The van der Waals surface area contributed by atoms with Crippen molar-refractivity contribution in [2.24, 2.45) is 0 Å². The van der Waals surface area contributed by atoms with Gasteiger partial charge < -0.3 is 20.0 Å². The van der Waals surface area contributed by atoms with E-state index in [4.69, 9.17) is 4.42 Å². The largest absolute Gasteiger partial charge is 0.466 e. The SMILES string of the molecule is CC1CC(=O)Nc2ccccc2N1C(=O)CN1C(=O)NC(C)(c2ccco2)C1=O. The van der Waals surface area contributed by atoms with Crippen molar-refractivity contribution in [1.82, 2.24) is 10.2 Å². The van der Waals surface area contributed by atoms with E-state index in [1.807, 2.05) is 0 Å². The fourth-order valence-electron chi connectivity index (χ4n) is 3.75. The summed E-state index contributed by atoms with van der Waals surface area (Å²) in [6.45, 7) is 2.83. The smallest absolute Gasteiger partial charge is 0.325 e. The molecule has 1 saturated heterocycles. The van der Waals surface area contributed by atoms with E-state index in [9.17, 15) is 19.2 Å². The third-order valence-corrected chi connectivity index (χ3v) is 5.21. The van der Waals surface area contributed by atoms with E-state index >= 15 is 0 Å². The van der Waals surface area contributed by atoms with Crippen molar-refractivity contribution >= 4 is 35.1 Å². The molecule has 2 aromatic rings. The van der Waals surface area contributed by atoms with Gasteiger partial charge in [0, 0.05) is 12.5 Å². The minimum Gasteiger partial charge on any atom is -0.466 e. The van der Waals surface area contributed by atoms with Crippen LogP contribution in [0.3, 0.4) is 0 Å². The second kappa shape index (κ2) is 6.77. The number of urea groups is 1. The van der Waals surface area contributed by atoms with Crippen molar-refractivity contribution in [1.29, 1.82) is 0 Å². The van der Waals surface area contributed by atoms with E-state index < -0.39 is 36.0 Å². The summed E-state index contributed by atoms with van der Waals surface area (Å²) in [5.41, 5.74) is -0.342. The lowest BCUT2D eigenvalue weighted by molar-refractivity contribution is -0.134. The van der Waals surface area contributed by atoms with Gasteiger partial charge in [-0.25, -0.2) is 4.79 Å². The molecule has 1 aromatic carbocycles. The lowest BCUT2D eigenvalue weighted by atomic mass is 9.99. The molecule has 0 spiro atoms. The number of carbonyl (C=O) groups is 4. The van der Waals surface area contributed by atoms with E-state index in [2.05, 4.69) is 10.6 Å². The molecule has 5 amide bonds. The van der Waals surface area contributed by atoms with Crippen LogP contribution in [-0.2, 0) is 19.9 Å². The Kier molecular flexibility index (Phi) is 4.37. The number of benzene rings is 1. The number of nitrogens with one attached hydrogen (secondary N) is 2. The van der Waals surface area contributed by atoms with E-state index in [0.29, 0.717) is 11.4 Å². The summed E-state index contributed by atoms with van der Waals surface area (Å²) in [6, 6.07) is 9.02. The van der Waals surface area contributed by atoms with Crippen LogP contribution in [0.2, 0.25) is 0 Å². The molecular formula is C20H20N4O5. The molecule has 2 atom stereocenters. The highest BCUT2D eigenvalue weighted by Gasteiger charge is 2.51. The van der Waals surface area contributed by atoms with Gasteiger partial charge in [0.05, 0.1) is 17.6 Å². The monoisotopic (exact) mass is 396 g/mol. The summed E-state index contributed by atoms with van der Waals surface area (Å²) in [4.78, 5) is 53.0. The molecule has 29 heavy (non-hydrogen) atoms. The molecule has 2 aliphatic rings. The summed E-state index contributed by atoms with van der Waals surface area (Å²) in [7, 11) is 0. The van der Waals surface area contributed by atoms with Crippen molar-refractivity contribution in [3.05, 3.63) is 48.4 Å². The maximum atomic E-state index is 13.2. The van der Waals surface area contributed by atoms with Gasteiger partial charge in [0.2, 0.25) is 11.8 Å². The van der Waals surface area contributed by atoms with Crippen LogP contribution in [0.25, 0.3) is 0 Å². The van der Waals surface area contributed by atoms with Gasteiger partial charge in [-0.3, -0.25) is 19.3 Å². The molecule has 2 aliphatic heterocycles. The Morgan fingerprint density at radius 2 is 1.97 bits per heavy atom. The third kappa shape index (κ3) is 3.04. The fraction of sp³-hybridized carbons (Fsp3) is 0.300. The van der Waals surface area contributed by atoms with Gasteiger partial charge in [-0.05, 0) is 38.1 Å². The summed E-state index contributed by atoms with van der Waals surface area (Å²) in [5.74, 6) is -0.959. The van der Waals surface area contributed by atoms with Gasteiger partial charge in [-0.15, -0.1) is 0 Å². The number of furan rings is 1. The number of nitrogens with zero attached hydrogens (tertiary/aromatic N) is 2. The third-order valence-electron chi connectivity index (χ3n) is 5.21. The number of fused-ring (bicyclic) bond motifs is 1. The number of hydrogen-bond acceptors (Lipinski definition) is 5. The zero-order chi connectivity index (χ0) is 20.8. The molecule has 150 valence electrons. The Hall–Kier alpha value is -3.62. The van der Waals surface area contributed by atoms with Crippen LogP contribution >= 0.6 is 0 Å². The van der Waals surface area contributed by atoms with Crippen LogP contribution in [0.15, 0.2) is 47.1 Å². The van der Waals surface area contributed by atoms with Gasteiger partial charge in [0.1, 0.15) is 12.3 Å². The molecule has 9 nitrogen and oxygen atoms in total. The minimum atomic E-state index is -1.37. The van der Waals surface area contributed by atoms with Crippen LogP contribution in [-0.4, -0.2) is 41.2 Å². The Morgan fingerprint density at radius 1 is 1.21 bits per heavy atom. The molecule has 0 aliphatic carbocycles. The van der Waals surface area contributed by atoms with Crippen LogP contribution in [0.4, 0.5) is 16.2 Å². The van der Waals surface area contributed by atoms with E-state index in [-0.39, 0.29) is 18.1 Å². The molecule has 0 saturated carbocycles. The number of para-hydroxylation sites is 2. The molecule has 3 heterocycles. The number of anilines is 2. The van der Waals surface area contributed by atoms with Gasteiger partial charge in [-0.1, -0.05) is 12.1 Å². The van der Waals surface area contributed by atoms with Crippen molar-refractivity contribution in [2.45, 2.75) is 31.8 Å². The summed E-state index contributed by atoms with van der Waals surface area (Å²) in [5, 5.41) is 5.37. The number of amides is 5. The zero-order valence-electron chi connectivity index (χ0n) is 16.0. The van der Waals surface area contributed by atoms with Gasteiger partial charge >= 0.3 is 6.03 Å². The summed E-state index contributed by atoms with van der Waals surface area (Å²) >= 11 is 0. The molecule has 2 N–H and O–H groups in total. The Labute approximate surface area is 166 Å². The van der Waals surface area contributed by atoms with Crippen LogP contribution < -0.4 is 15.5 Å². The van der Waals surface area contributed by atoms with Gasteiger partial charge in [0.15, 0.2) is 5.54 Å². The van der Waals surface area contributed by atoms with Crippen molar-refractivity contribution < 1.29 is 23.6 Å². The van der Waals surface area contributed by atoms with Crippen molar-refractivity contribution in [2.75, 3.05) is 16.8 Å².